The number of rotatable bonds is 2. The van der Waals surface area contributed by atoms with Gasteiger partial charge in [-0.1, -0.05) is 12.1 Å². The highest BCUT2D eigenvalue weighted by molar-refractivity contribution is 5.74. The van der Waals surface area contributed by atoms with Gasteiger partial charge in [0, 0.05) is 6.42 Å². The fourth-order valence-electron chi connectivity index (χ4n) is 0.368. The van der Waals surface area contributed by atoms with Crippen LogP contribution in [0.25, 0.3) is 0 Å². The first kappa shape index (κ1) is 7.27. The molecule has 0 fully saturated rings. The first-order valence-corrected chi connectivity index (χ1v) is 2.68. The summed E-state index contributed by atoms with van der Waals surface area (Å²) >= 11 is 0. The third-order valence-electron chi connectivity index (χ3n) is 0.725. The van der Waals surface area contributed by atoms with Gasteiger partial charge in [-0.3, -0.25) is 0 Å². The fourth-order valence-corrected chi connectivity index (χ4v) is 0.368. The molecule has 0 unspecified atom stereocenters. The number of oxime groups is 1. The van der Waals surface area contributed by atoms with Gasteiger partial charge in [0.05, 0.1) is 6.61 Å². The molecule has 48 valence electrons. The minimum absolute atomic E-state index is 0.396. The van der Waals surface area contributed by atoms with Crippen LogP contribution in [0.4, 0.5) is 0 Å². The van der Waals surface area contributed by atoms with E-state index in [-0.39, 0.29) is 0 Å². The first-order valence-electron chi connectivity index (χ1n) is 2.68. The molecular weight excluding hydrogens is 106 g/mol. The zero-order chi connectivity index (χ0) is 6.41. The van der Waals surface area contributed by atoms with Gasteiger partial charge in [-0.05, 0) is 6.92 Å². The summed E-state index contributed by atoms with van der Waals surface area (Å²) in [7, 11) is 0. The van der Waals surface area contributed by atoms with Gasteiger partial charge in [0.1, 0.15) is 0 Å². The van der Waals surface area contributed by atoms with Crippen LogP contribution in [0.3, 0.4) is 0 Å². The monoisotopic (exact) mass is 117 g/mol. The Morgan fingerprint density at radius 1 is 1.62 bits per heavy atom. The standard InChI is InChI=1S/C5H11NO2/c1-3-5(6-7)8-4-2/h7H,3-4H2,1-2H3/b6-5+. The van der Waals surface area contributed by atoms with Crippen molar-refractivity contribution in [1.82, 2.24) is 0 Å². The molecule has 0 saturated carbocycles. The molecule has 0 spiro atoms. The van der Waals surface area contributed by atoms with Crippen molar-refractivity contribution in [2.24, 2.45) is 5.16 Å². The maximum atomic E-state index is 8.12. The van der Waals surface area contributed by atoms with E-state index in [1.165, 1.54) is 0 Å². The highest BCUT2D eigenvalue weighted by Gasteiger charge is 1.91. The third kappa shape index (κ3) is 2.44. The summed E-state index contributed by atoms with van der Waals surface area (Å²) in [6.45, 7) is 4.28. The molecule has 0 atom stereocenters. The van der Waals surface area contributed by atoms with Crippen molar-refractivity contribution in [3.63, 3.8) is 0 Å². The average molecular weight is 117 g/mol. The minimum atomic E-state index is 0.396. The van der Waals surface area contributed by atoms with Gasteiger partial charge in [-0.25, -0.2) is 0 Å². The van der Waals surface area contributed by atoms with Crippen LogP contribution < -0.4 is 0 Å². The predicted octanol–water partition coefficient (Wildman–Crippen LogP) is 1.22. The predicted molar refractivity (Wildman–Crippen MR) is 31.1 cm³/mol. The lowest BCUT2D eigenvalue weighted by molar-refractivity contribution is 0.258. The van der Waals surface area contributed by atoms with Gasteiger partial charge in [0.2, 0.25) is 5.90 Å². The van der Waals surface area contributed by atoms with Gasteiger partial charge in [-0.2, -0.15) is 0 Å². The van der Waals surface area contributed by atoms with Crippen molar-refractivity contribution in [3.05, 3.63) is 0 Å². The Morgan fingerprint density at radius 2 is 2.25 bits per heavy atom. The van der Waals surface area contributed by atoms with E-state index >= 15 is 0 Å². The summed E-state index contributed by atoms with van der Waals surface area (Å²) < 4.78 is 4.84. The van der Waals surface area contributed by atoms with Crippen LogP contribution >= 0.6 is 0 Å². The summed E-state index contributed by atoms with van der Waals surface area (Å²) in [5.41, 5.74) is 0. The van der Waals surface area contributed by atoms with E-state index in [9.17, 15) is 0 Å². The molecule has 0 aromatic heterocycles. The Morgan fingerprint density at radius 3 is 2.38 bits per heavy atom. The van der Waals surface area contributed by atoms with E-state index < -0.39 is 0 Å². The Hall–Kier alpha value is -0.730. The molecule has 0 rings (SSSR count). The van der Waals surface area contributed by atoms with E-state index in [1.807, 2.05) is 13.8 Å². The lowest BCUT2D eigenvalue weighted by Gasteiger charge is -1.98. The summed E-state index contributed by atoms with van der Waals surface area (Å²) in [4.78, 5) is 0. The quantitative estimate of drug-likeness (QED) is 0.256. The smallest absolute Gasteiger partial charge is 0.225 e. The molecule has 0 amide bonds. The van der Waals surface area contributed by atoms with Crippen LogP contribution in [0.2, 0.25) is 0 Å². The molecule has 0 aliphatic heterocycles. The van der Waals surface area contributed by atoms with E-state index in [0.29, 0.717) is 18.9 Å². The van der Waals surface area contributed by atoms with Gasteiger partial charge < -0.3 is 9.94 Å². The fraction of sp³-hybridized carbons (Fsp3) is 0.800. The molecule has 0 saturated heterocycles. The minimum Gasteiger partial charge on any atom is -0.479 e. The van der Waals surface area contributed by atoms with E-state index in [2.05, 4.69) is 5.16 Å². The van der Waals surface area contributed by atoms with Crippen molar-refractivity contribution < 1.29 is 9.94 Å². The van der Waals surface area contributed by atoms with Crippen molar-refractivity contribution in [3.8, 4) is 0 Å². The molecule has 8 heavy (non-hydrogen) atoms. The summed E-state index contributed by atoms with van der Waals surface area (Å²) in [5.74, 6) is 0.396. The van der Waals surface area contributed by atoms with Crippen molar-refractivity contribution in [2.45, 2.75) is 20.3 Å². The third-order valence-corrected chi connectivity index (χ3v) is 0.725. The SMILES string of the molecule is CCO/C(CC)=N/O. The molecule has 3 nitrogen and oxygen atoms in total. The van der Waals surface area contributed by atoms with E-state index in [1.54, 1.807) is 0 Å². The molecule has 0 aliphatic carbocycles. The van der Waals surface area contributed by atoms with Crippen LogP contribution in [0.1, 0.15) is 20.3 Å². The molecule has 3 heteroatoms. The molecule has 0 aromatic carbocycles. The Kier molecular flexibility index (Phi) is 4.03. The maximum absolute atomic E-state index is 8.12. The molecule has 0 radical (unpaired) electrons. The second-order valence-corrected chi connectivity index (χ2v) is 1.28. The Balaban J connectivity index is 3.38. The van der Waals surface area contributed by atoms with Gasteiger partial charge in [-0.15, -0.1) is 0 Å². The highest BCUT2D eigenvalue weighted by Crippen LogP contribution is 1.85. The normalized spacial score (nSPS) is 11.5. The van der Waals surface area contributed by atoms with Gasteiger partial charge in [0.15, 0.2) is 0 Å². The van der Waals surface area contributed by atoms with Crippen molar-refractivity contribution >= 4 is 5.90 Å². The molecule has 0 aliphatic rings. The van der Waals surface area contributed by atoms with Gasteiger partial charge in [0.25, 0.3) is 0 Å². The largest absolute Gasteiger partial charge is 0.479 e. The number of hydrogen-bond acceptors (Lipinski definition) is 3. The van der Waals surface area contributed by atoms with Crippen LogP contribution in [-0.4, -0.2) is 17.7 Å². The van der Waals surface area contributed by atoms with E-state index in [0.717, 1.165) is 0 Å². The number of hydrogen-bond donors (Lipinski definition) is 1. The van der Waals surface area contributed by atoms with Crippen molar-refractivity contribution in [2.75, 3.05) is 6.61 Å². The summed E-state index contributed by atoms with van der Waals surface area (Å²) in [5, 5.41) is 11.0. The number of nitrogens with zero attached hydrogens (tertiary/aromatic N) is 1. The highest BCUT2D eigenvalue weighted by atomic mass is 16.5. The van der Waals surface area contributed by atoms with Gasteiger partial charge >= 0.3 is 0 Å². The molecule has 0 heterocycles. The average Bonchev–Trinajstić information content (AvgIpc) is 1.83. The van der Waals surface area contributed by atoms with Crippen LogP contribution in [0.5, 0.6) is 0 Å². The molecule has 1 N–H and O–H groups in total. The molecule has 0 bridgehead atoms. The summed E-state index contributed by atoms with van der Waals surface area (Å²) in [6, 6.07) is 0. The second-order valence-electron chi connectivity index (χ2n) is 1.28. The Bertz CT molecular complexity index is 80.5. The zero-order valence-corrected chi connectivity index (χ0v) is 5.22. The maximum Gasteiger partial charge on any atom is 0.225 e. The van der Waals surface area contributed by atoms with Crippen molar-refractivity contribution in [1.29, 1.82) is 0 Å². The first-order chi connectivity index (χ1) is 3.85. The van der Waals surface area contributed by atoms with E-state index in [4.69, 9.17) is 9.94 Å². The molecular formula is C5H11NO2. The topological polar surface area (TPSA) is 41.8 Å². The summed E-state index contributed by atoms with van der Waals surface area (Å²) in [6.07, 6.45) is 0.643. The van der Waals surface area contributed by atoms with Crippen LogP contribution in [0, 0.1) is 0 Å². The lowest BCUT2D eigenvalue weighted by atomic mass is 10.5. The molecule has 0 aromatic rings. The zero-order valence-electron chi connectivity index (χ0n) is 5.22. The second kappa shape index (κ2) is 4.43. The number of ether oxygens (including phenoxy) is 1. The Labute approximate surface area is 49.0 Å². The lowest BCUT2D eigenvalue weighted by Crippen LogP contribution is -2.01. The van der Waals surface area contributed by atoms with Crippen LogP contribution in [0.15, 0.2) is 5.16 Å². The van der Waals surface area contributed by atoms with Crippen LogP contribution in [-0.2, 0) is 4.74 Å².